The molecule has 1 saturated heterocycles. The fourth-order valence-electron chi connectivity index (χ4n) is 3.39. The fourth-order valence-corrected chi connectivity index (χ4v) is 3.39. The molecule has 0 radical (unpaired) electrons. The number of aryl methyl sites for hydroxylation is 1. The van der Waals surface area contributed by atoms with Crippen molar-refractivity contribution in [1.82, 2.24) is 19.6 Å². The summed E-state index contributed by atoms with van der Waals surface area (Å²) in [6.07, 6.45) is 2.95. The van der Waals surface area contributed by atoms with Crippen molar-refractivity contribution in [3.63, 3.8) is 0 Å². The SMILES string of the molecule is Cc1ccnn1-c1ccc(C(=O)N(C)CC(=O)N2CCCC(C(=O)O)C2)cc1. The summed E-state index contributed by atoms with van der Waals surface area (Å²) in [5, 5.41) is 13.4. The van der Waals surface area contributed by atoms with Gasteiger partial charge in [-0.25, -0.2) is 4.68 Å². The summed E-state index contributed by atoms with van der Waals surface area (Å²) in [4.78, 5) is 39.2. The third-order valence-electron chi connectivity index (χ3n) is 5.03. The van der Waals surface area contributed by atoms with Crippen molar-refractivity contribution >= 4 is 17.8 Å². The topological polar surface area (TPSA) is 95.7 Å². The lowest BCUT2D eigenvalue weighted by molar-refractivity contribution is -0.145. The zero-order valence-electron chi connectivity index (χ0n) is 16.0. The standard InChI is InChI=1S/C20H24N4O4/c1-14-9-10-21-24(14)17-7-5-15(6-8-17)19(26)22(2)13-18(25)23-11-3-4-16(12-23)20(27)28/h5-10,16H,3-4,11-13H2,1-2H3,(H,27,28). The van der Waals surface area contributed by atoms with Crippen LogP contribution < -0.4 is 0 Å². The number of carbonyl (C=O) groups is 3. The van der Waals surface area contributed by atoms with E-state index in [1.165, 1.54) is 9.80 Å². The maximum absolute atomic E-state index is 12.6. The average molecular weight is 384 g/mol. The van der Waals surface area contributed by atoms with Crippen LogP contribution in [0.2, 0.25) is 0 Å². The van der Waals surface area contributed by atoms with Gasteiger partial charge in [0, 0.05) is 37.6 Å². The number of benzene rings is 1. The third-order valence-corrected chi connectivity index (χ3v) is 5.03. The Kier molecular flexibility index (Phi) is 5.77. The van der Waals surface area contributed by atoms with E-state index < -0.39 is 11.9 Å². The molecule has 1 atom stereocenters. The van der Waals surface area contributed by atoms with Gasteiger partial charge in [-0.1, -0.05) is 0 Å². The van der Waals surface area contributed by atoms with Gasteiger partial charge in [-0.05, 0) is 50.1 Å². The van der Waals surface area contributed by atoms with Crippen molar-refractivity contribution in [2.45, 2.75) is 19.8 Å². The monoisotopic (exact) mass is 384 g/mol. The molecule has 0 bridgehead atoms. The quantitative estimate of drug-likeness (QED) is 0.844. The van der Waals surface area contributed by atoms with Gasteiger partial charge in [-0.3, -0.25) is 14.4 Å². The molecule has 8 heteroatoms. The van der Waals surface area contributed by atoms with Crippen LogP contribution in [0, 0.1) is 12.8 Å². The number of nitrogens with zero attached hydrogens (tertiary/aromatic N) is 4. The average Bonchev–Trinajstić information content (AvgIpc) is 3.13. The predicted octanol–water partition coefficient (Wildman–Crippen LogP) is 1.58. The van der Waals surface area contributed by atoms with E-state index in [2.05, 4.69) is 5.10 Å². The molecule has 1 N–H and O–H groups in total. The normalized spacial score (nSPS) is 16.6. The summed E-state index contributed by atoms with van der Waals surface area (Å²) in [5.41, 5.74) is 2.32. The molecule has 8 nitrogen and oxygen atoms in total. The van der Waals surface area contributed by atoms with Crippen LogP contribution in [-0.2, 0) is 9.59 Å². The largest absolute Gasteiger partial charge is 0.481 e. The number of carboxylic acids is 1. The smallest absolute Gasteiger partial charge is 0.308 e. The van der Waals surface area contributed by atoms with E-state index in [0.717, 1.165) is 11.4 Å². The lowest BCUT2D eigenvalue weighted by Crippen LogP contribution is -2.46. The van der Waals surface area contributed by atoms with Gasteiger partial charge in [0.25, 0.3) is 5.91 Å². The summed E-state index contributed by atoms with van der Waals surface area (Å²) in [6, 6.07) is 8.94. The van der Waals surface area contributed by atoms with Gasteiger partial charge in [-0.2, -0.15) is 5.10 Å². The molecule has 1 aromatic heterocycles. The Bertz CT molecular complexity index is 875. The van der Waals surface area contributed by atoms with Gasteiger partial charge >= 0.3 is 5.97 Å². The second kappa shape index (κ2) is 8.24. The van der Waals surface area contributed by atoms with Crippen LogP contribution in [0.15, 0.2) is 36.5 Å². The minimum Gasteiger partial charge on any atom is -0.481 e. The Hall–Kier alpha value is -3.16. The van der Waals surface area contributed by atoms with Crippen LogP contribution in [0.1, 0.15) is 28.9 Å². The Morgan fingerprint density at radius 2 is 1.93 bits per heavy atom. The van der Waals surface area contributed by atoms with Crippen molar-refractivity contribution < 1.29 is 19.5 Å². The van der Waals surface area contributed by atoms with Crippen LogP contribution in [0.4, 0.5) is 0 Å². The summed E-state index contributed by atoms with van der Waals surface area (Å²) >= 11 is 0. The van der Waals surface area contributed by atoms with Gasteiger partial charge < -0.3 is 14.9 Å². The van der Waals surface area contributed by atoms with Gasteiger partial charge in [0.15, 0.2) is 0 Å². The number of hydrogen-bond donors (Lipinski definition) is 1. The molecule has 1 aromatic carbocycles. The summed E-state index contributed by atoms with van der Waals surface area (Å²) < 4.78 is 1.77. The van der Waals surface area contributed by atoms with Crippen molar-refractivity contribution in [2.24, 2.45) is 5.92 Å². The second-order valence-electron chi connectivity index (χ2n) is 7.11. The first kappa shape index (κ1) is 19.6. The highest BCUT2D eigenvalue weighted by molar-refractivity contribution is 5.96. The minimum absolute atomic E-state index is 0.0782. The molecule has 28 heavy (non-hydrogen) atoms. The van der Waals surface area contributed by atoms with E-state index in [4.69, 9.17) is 5.11 Å². The van der Waals surface area contributed by atoms with Crippen LogP contribution in [-0.4, -0.2) is 69.2 Å². The number of carboxylic acid groups (broad SMARTS) is 1. The zero-order chi connectivity index (χ0) is 20.3. The van der Waals surface area contributed by atoms with Crippen LogP contribution in [0.5, 0.6) is 0 Å². The molecular formula is C20H24N4O4. The summed E-state index contributed by atoms with van der Waals surface area (Å²) in [7, 11) is 1.57. The maximum atomic E-state index is 12.6. The number of rotatable bonds is 5. The Labute approximate surface area is 163 Å². The van der Waals surface area contributed by atoms with E-state index in [1.54, 1.807) is 30.1 Å². The molecule has 1 aliphatic heterocycles. The van der Waals surface area contributed by atoms with Gasteiger partial charge in [0.2, 0.25) is 5.91 Å². The van der Waals surface area contributed by atoms with Crippen molar-refractivity contribution in [3.8, 4) is 5.69 Å². The van der Waals surface area contributed by atoms with Gasteiger partial charge in [-0.15, -0.1) is 0 Å². The molecule has 0 aliphatic carbocycles. The molecule has 0 saturated carbocycles. The molecule has 1 aliphatic rings. The number of likely N-dealkylation sites (tertiary alicyclic amines) is 1. The lowest BCUT2D eigenvalue weighted by atomic mass is 9.98. The number of carbonyl (C=O) groups excluding carboxylic acids is 2. The molecule has 2 heterocycles. The van der Waals surface area contributed by atoms with E-state index in [0.29, 0.717) is 24.9 Å². The number of piperidine rings is 1. The van der Waals surface area contributed by atoms with Gasteiger partial charge in [0.05, 0.1) is 18.2 Å². The summed E-state index contributed by atoms with van der Waals surface area (Å²) in [5.74, 6) is -1.90. The maximum Gasteiger partial charge on any atom is 0.308 e. The minimum atomic E-state index is -0.880. The molecule has 2 amide bonds. The lowest BCUT2D eigenvalue weighted by Gasteiger charge is -2.32. The number of aliphatic carboxylic acids is 1. The van der Waals surface area contributed by atoms with E-state index in [-0.39, 0.29) is 24.9 Å². The first-order valence-corrected chi connectivity index (χ1v) is 9.24. The van der Waals surface area contributed by atoms with Crippen LogP contribution in [0.25, 0.3) is 5.69 Å². The second-order valence-corrected chi connectivity index (χ2v) is 7.11. The van der Waals surface area contributed by atoms with E-state index in [9.17, 15) is 14.4 Å². The van der Waals surface area contributed by atoms with Crippen LogP contribution in [0.3, 0.4) is 0 Å². The highest BCUT2D eigenvalue weighted by Crippen LogP contribution is 2.17. The van der Waals surface area contributed by atoms with Gasteiger partial charge in [0.1, 0.15) is 0 Å². The van der Waals surface area contributed by atoms with E-state index in [1.807, 2.05) is 25.1 Å². The molecule has 0 spiro atoms. The molecule has 2 aromatic rings. The molecular weight excluding hydrogens is 360 g/mol. The first-order chi connectivity index (χ1) is 13.4. The molecule has 3 rings (SSSR count). The van der Waals surface area contributed by atoms with E-state index >= 15 is 0 Å². The van der Waals surface area contributed by atoms with Crippen molar-refractivity contribution in [2.75, 3.05) is 26.7 Å². The summed E-state index contributed by atoms with van der Waals surface area (Å²) in [6.45, 7) is 2.60. The van der Waals surface area contributed by atoms with Crippen LogP contribution >= 0.6 is 0 Å². The zero-order valence-corrected chi connectivity index (χ0v) is 16.0. The number of likely N-dealkylation sites (N-methyl/N-ethyl adjacent to an activating group) is 1. The molecule has 1 unspecified atom stereocenters. The Morgan fingerprint density at radius 3 is 2.54 bits per heavy atom. The molecule has 1 fully saturated rings. The molecule has 148 valence electrons. The third kappa shape index (κ3) is 4.21. The Balaban J connectivity index is 1.62. The first-order valence-electron chi connectivity index (χ1n) is 9.24. The number of amides is 2. The fraction of sp³-hybridized carbons (Fsp3) is 0.400. The number of aromatic nitrogens is 2. The van der Waals surface area contributed by atoms with Crippen molar-refractivity contribution in [3.05, 3.63) is 47.8 Å². The predicted molar refractivity (Wildman–Crippen MR) is 102 cm³/mol. The number of hydrogen-bond acceptors (Lipinski definition) is 4. The highest BCUT2D eigenvalue weighted by Gasteiger charge is 2.29. The highest BCUT2D eigenvalue weighted by atomic mass is 16.4. The Morgan fingerprint density at radius 1 is 1.21 bits per heavy atom. The van der Waals surface area contributed by atoms with Crippen molar-refractivity contribution in [1.29, 1.82) is 0 Å².